The van der Waals surface area contributed by atoms with Crippen molar-refractivity contribution in [2.45, 2.75) is 0 Å². The third kappa shape index (κ3) is 1.86. The minimum atomic E-state index is -0.210. The fraction of sp³-hybridized carbons (Fsp3) is 0. The van der Waals surface area contributed by atoms with Crippen molar-refractivity contribution in [3.8, 4) is 0 Å². The van der Waals surface area contributed by atoms with Crippen molar-refractivity contribution in [3.05, 3.63) is 95.2 Å². The zero-order chi connectivity index (χ0) is 17.0. The molecule has 0 spiro atoms. The zero-order valence-corrected chi connectivity index (χ0v) is 13.3. The fourth-order valence-corrected chi connectivity index (χ4v) is 3.66. The molecule has 0 amide bonds. The molecule has 1 aliphatic rings. The van der Waals surface area contributed by atoms with Crippen LogP contribution in [0.5, 0.6) is 0 Å². The number of hydrogen-bond acceptors (Lipinski definition) is 2. The van der Waals surface area contributed by atoms with E-state index in [0.717, 1.165) is 26.3 Å². The summed E-state index contributed by atoms with van der Waals surface area (Å²) < 4.78 is 0.784. The molecule has 0 atom stereocenters. The molecule has 118 valence electrons. The van der Waals surface area contributed by atoms with Crippen LogP contribution >= 0.6 is 0 Å². The molecule has 0 aliphatic carbocycles. The van der Waals surface area contributed by atoms with Gasteiger partial charge in [-0.15, -0.1) is 0 Å². The minimum Gasteiger partial charge on any atom is -0.618 e. The Morgan fingerprint density at radius 3 is 2.12 bits per heavy atom. The number of ketones is 1. The van der Waals surface area contributed by atoms with E-state index >= 15 is 0 Å². The molecule has 0 fully saturated rings. The maximum Gasteiger partial charge on any atom is 0.273 e. The molecule has 1 heterocycles. The van der Waals surface area contributed by atoms with E-state index in [0.29, 0.717) is 16.8 Å². The van der Waals surface area contributed by atoms with Gasteiger partial charge in [0.1, 0.15) is 5.56 Å². The molecule has 0 saturated heterocycles. The fourth-order valence-electron chi connectivity index (χ4n) is 3.66. The lowest BCUT2D eigenvalue weighted by atomic mass is 9.95. The quantitative estimate of drug-likeness (QED) is 0.372. The van der Waals surface area contributed by atoms with Gasteiger partial charge in [-0.2, -0.15) is 4.74 Å². The van der Waals surface area contributed by atoms with Crippen molar-refractivity contribution >= 4 is 38.7 Å². The maximum absolute atomic E-state index is 13.2. The summed E-state index contributed by atoms with van der Waals surface area (Å²) in [7, 11) is 0. The van der Waals surface area contributed by atoms with Crippen LogP contribution in [0.2, 0.25) is 0 Å². The molecular weight excluding hydrogens is 310 g/mol. The van der Waals surface area contributed by atoms with Crippen LogP contribution in [-0.2, 0) is 0 Å². The molecule has 0 aromatic heterocycles. The van der Waals surface area contributed by atoms with E-state index in [-0.39, 0.29) is 11.5 Å². The Labute approximate surface area is 144 Å². The van der Waals surface area contributed by atoms with Crippen LogP contribution in [0.4, 0.5) is 5.69 Å². The molecule has 0 unspecified atom stereocenters. The van der Waals surface area contributed by atoms with Crippen LogP contribution < -0.4 is 0 Å². The summed E-state index contributed by atoms with van der Waals surface area (Å²) in [6, 6.07) is 24.8. The standard InChI is InChI=1S/C22H13NO2/c24-22-20-17-10-4-2-7-15(17)12-13-19(20)23(25)21(22)18-11-5-8-14-6-1-3-9-16(14)18/h1-13H. The Balaban J connectivity index is 1.82. The first-order chi connectivity index (χ1) is 12.3. The van der Waals surface area contributed by atoms with Gasteiger partial charge in [-0.1, -0.05) is 60.7 Å². The van der Waals surface area contributed by atoms with Gasteiger partial charge in [0.25, 0.3) is 11.5 Å². The third-order valence-corrected chi connectivity index (χ3v) is 4.82. The summed E-state index contributed by atoms with van der Waals surface area (Å²) in [4.78, 5) is 13.2. The second-order valence-corrected chi connectivity index (χ2v) is 6.18. The molecule has 4 aromatic rings. The van der Waals surface area contributed by atoms with Gasteiger partial charge >= 0.3 is 0 Å². The number of carbonyl (C=O) groups is 1. The second-order valence-electron chi connectivity index (χ2n) is 6.18. The van der Waals surface area contributed by atoms with Crippen molar-refractivity contribution in [3.63, 3.8) is 0 Å². The van der Waals surface area contributed by atoms with Crippen LogP contribution in [0.15, 0.2) is 78.9 Å². The molecule has 4 aromatic carbocycles. The van der Waals surface area contributed by atoms with Gasteiger partial charge in [-0.05, 0) is 33.7 Å². The highest BCUT2D eigenvalue weighted by Gasteiger charge is 2.38. The molecule has 0 saturated carbocycles. The first-order valence-electron chi connectivity index (χ1n) is 8.14. The zero-order valence-electron chi connectivity index (χ0n) is 13.3. The topological polar surface area (TPSA) is 43.1 Å². The molecule has 3 heteroatoms. The smallest absolute Gasteiger partial charge is 0.273 e. The van der Waals surface area contributed by atoms with Crippen LogP contribution in [-0.4, -0.2) is 16.2 Å². The van der Waals surface area contributed by atoms with Crippen LogP contribution in [0.3, 0.4) is 0 Å². The SMILES string of the molecule is O=C1C(c2cccc3ccccc23)=[N+]([O-])c2ccc3ccccc3c21. The summed E-state index contributed by atoms with van der Waals surface area (Å²) >= 11 is 0. The lowest BCUT2D eigenvalue weighted by molar-refractivity contribution is -0.355. The predicted molar refractivity (Wildman–Crippen MR) is 99.6 cm³/mol. The van der Waals surface area contributed by atoms with E-state index in [9.17, 15) is 10.0 Å². The van der Waals surface area contributed by atoms with E-state index in [1.54, 1.807) is 6.07 Å². The van der Waals surface area contributed by atoms with E-state index in [2.05, 4.69) is 0 Å². The summed E-state index contributed by atoms with van der Waals surface area (Å²) in [5, 5.41) is 16.7. The highest BCUT2D eigenvalue weighted by molar-refractivity contribution is 6.55. The van der Waals surface area contributed by atoms with Gasteiger partial charge in [0, 0.05) is 6.07 Å². The van der Waals surface area contributed by atoms with Crippen molar-refractivity contribution in [2.75, 3.05) is 0 Å². The molecule has 3 nitrogen and oxygen atoms in total. The number of nitrogens with zero attached hydrogens (tertiary/aromatic N) is 1. The molecule has 0 radical (unpaired) electrons. The first kappa shape index (κ1) is 13.9. The number of Topliss-reactive ketones (excluding diaryl/α,β-unsaturated/α-hetero) is 1. The highest BCUT2D eigenvalue weighted by Crippen LogP contribution is 2.35. The average Bonchev–Trinajstić information content (AvgIpc) is 2.92. The predicted octanol–water partition coefficient (Wildman–Crippen LogP) is 4.82. The Bertz CT molecular complexity index is 1220. The molecular formula is C22H13NO2. The van der Waals surface area contributed by atoms with Gasteiger partial charge in [-0.25, -0.2) is 0 Å². The van der Waals surface area contributed by atoms with Gasteiger partial charge in [0.15, 0.2) is 0 Å². The van der Waals surface area contributed by atoms with Crippen molar-refractivity contribution < 1.29 is 9.53 Å². The molecule has 0 bridgehead atoms. The molecule has 0 N–H and O–H groups in total. The number of benzene rings is 4. The van der Waals surface area contributed by atoms with Gasteiger partial charge < -0.3 is 5.21 Å². The van der Waals surface area contributed by atoms with Crippen molar-refractivity contribution in [1.82, 2.24) is 0 Å². The summed E-state index contributed by atoms with van der Waals surface area (Å²) in [5.41, 5.74) is 1.80. The van der Waals surface area contributed by atoms with Crippen LogP contribution in [0, 0.1) is 5.21 Å². The van der Waals surface area contributed by atoms with Crippen molar-refractivity contribution in [2.24, 2.45) is 0 Å². The Morgan fingerprint density at radius 1 is 0.680 bits per heavy atom. The molecule has 1 aliphatic heterocycles. The number of carbonyl (C=O) groups excluding carboxylic acids is 1. The third-order valence-electron chi connectivity index (χ3n) is 4.82. The second kappa shape index (κ2) is 5.02. The summed E-state index contributed by atoms with van der Waals surface area (Å²) in [6.45, 7) is 0. The maximum atomic E-state index is 13.2. The average molecular weight is 323 g/mol. The number of fused-ring (bicyclic) bond motifs is 4. The lowest BCUT2D eigenvalue weighted by Crippen LogP contribution is -2.17. The van der Waals surface area contributed by atoms with Gasteiger partial charge in [0.05, 0.1) is 5.56 Å². The summed E-state index contributed by atoms with van der Waals surface area (Å²) in [6.07, 6.45) is 0. The van der Waals surface area contributed by atoms with Crippen LogP contribution in [0.25, 0.3) is 21.5 Å². The van der Waals surface area contributed by atoms with Gasteiger partial charge in [0.2, 0.25) is 5.69 Å². The monoisotopic (exact) mass is 323 g/mol. The highest BCUT2D eigenvalue weighted by atomic mass is 16.5. The Kier molecular flexibility index (Phi) is 2.80. The Morgan fingerprint density at radius 2 is 1.32 bits per heavy atom. The number of rotatable bonds is 1. The van der Waals surface area contributed by atoms with E-state index in [1.807, 2.05) is 72.8 Å². The lowest BCUT2D eigenvalue weighted by Gasteiger charge is -2.05. The molecule has 5 rings (SSSR count). The van der Waals surface area contributed by atoms with E-state index in [1.165, 1.54) is 0 Å². The largest absolute Gasteiger partial charge is 0.618 e. The first-order valence-corrected chi connectivity index (χ1v) is 8.14. The van der Waals surface area contributed by atoms with Gasteiger partial charge in [-0.3, -0.25) is 4.79 Å². The normalized spacial score (nSPS) is 13.7. The van der Waals surface area contributed by atoms with Crippen LogP contribution in [0.1, 0.15) is 15.9 Å². The Hall–Kier alpha value is -3.46. The summed E-state index contributed by atoms with van der Waals surface area (Å²) in [5.74, 6) is -0.210. The van der Waals surface area contributed by atoms with E-state index < -0.39 is 0 Å². The number of hydrogen-bond donors (Lipinski definition) is 0. The van der Waals surface area contributed by atoms with E-state index in [4.69, 9.17) is 0 Å². The molecule has 25 heavy (non-hydrogen) atoms. The minimum absolute atomic E-state index is 0.197. The van der Waals surface area contributed by atoms with Crippen molar-refractivity contribution in [1.29, 1.82) is 0 Å².